The molecule has 0 atom stereocenters. The number of ether oxygens (including phenoxy) is 1. The van der Waals surface area contributed by atoms with E-state index in [4.69, 9.17) is 10.5 Å². The first kappa shape index (κ1) is 13.0. The molecule has 16 heavy (non-hydrogen) atoms. The molecule has 0 fully saturated rings. The van der Waals surface area contributed by atoms with Gasteiger partial charge in [0.15, 0.2) is 0 Å². The minimum atomic E-state index is -0.160. The van der Waals surface area contributed by atoms with Crippen molar-refractivity contribution in [2.75, 3.05) is 0 Å². The van der Waals surface area contributed by atoms with Gasteiger partial charge < -0.3 is 10.5 Å². The van der Waals surface area contributed by atoms with Crippen molar-refractivity contribution < 1.29 is 4.74 Å². The summed E-state index contributed by atoms with van der Waals surface area (Å²) in [6.07, 6.45) is 0.878. The largest absolute Gasteiger partial charge is 0.488 e. The molecule has 90 valence electrons. The fourth-order valence-electron chi connectivity index (χ4n) is 1.55. The Morgan fingerprint density at radius 2 is 1.50 bits per heavy atom. The quantitative estimate of drug-likeness (QED) is 0.851. The summed E-state index contributed by atoms with van der Waals surface area (Å²) >= 11 is 0. The Hall–Kier alpha value is -1.02. The second kappa shape index (κ2) is 4.46. The molecule has 1 aromatic carbocycles. The fourth-order valence-corrected chi connectivity index (χ4v) is 1.55. The number of hydrogen-bond donors (Lipinski definition) is 1. The van der Waals surface area contributed by atoms with Crippen LogP contribution in [0.25, 0.3) is 0 Å². The lowest BCUT2D eigenvalue weighted by molar-refractivity contribution is 0.131. The lowest BCUT2D eigenvalue weighted by atomic mass is 9.96. The van der Waals surface area contributed by atoms with Crippen LogP contribution in [0.1, 0.15) is 40.2 Å². The van der Waals surface area contributed by atoms with E-state index in [-0.39, 0.29) is 11.1 Å². The van der Waals surface area contributed by atoms with Crippen LogP contribution < -0.4 is 10.5 Å². The summed E-state index contributed by atoms with van der Waals surface area (Å²) in [6, 6.07) is 8.17. The standard InChI is InChI=1S/C14H23NO/c1-13(2,3)16-12-8-6-11(7-9-12)10-14(4,5)15/h6-9H,10,15H2,1-5H3. The van der Waals surface area contributed by atoms with Crippen LogP contribution in [0, 0.1) is 0 Å². The first-order valence-corrected chi connectivity index (χ1v) is 5.73. The van der Waals surface area contributed by atoms with E-state index in [1.54, 1.807) is 0 Å². The third-order valence-corrected chi connectivity index (χ3v) is 2.01. The molecule has 0 radical (unpaired) electrons. The number of hydrogen-bond acceptors (Lipinski definition) is 2. The third kappa shape index (κ3) is 5.17. The molecule has 1 aromatic rings. The molecule has 2 N–H and O–H groups in total. The van der Waals surface area contributed by atoms with Crippen LogP contribution in [0.5, 0.6) is 5.75 Å². The molecule has 0 unspecified atom stereocenters. The molecule has 1 rings (SSSR count). The monoisotopic (exact) mass is 221 g/mol. The highest BCUT2D eigenvalue weighted by Crippen LogP contribution is 2.19. The van der Waals surface area contributed by atoms with E-state index in [9.17, 15) is 0 Å². The average molecular weight is 221 g/mol. The average Bonchev–Trinajstić information content (AvgIpc) is 2.03. The van der Waals surface area contributed by atoms with E-state index in [0.717, 1.165) is 12.2 Å². The van der Waals surface area contributed by atoms with E-state index >= 15 is 0 Å². The van der Waals surface area contributed by atoms with Crippen LogP contribution in [-0.2, 0) is 6.42 Å². The number of nitrogens with two attached hydrogens (primary N) is 1. The molecule has 0 heterocycles. The Labute approximate surface area is 98.8 Å². The maximum absolute atomic E-state index is 5.98. The molecule has 0 aliphatic heterocycles. The van der Waals surface area contributed by atoms with Gasteiger partial charge in [-0.15, -0.1) is 0 Å². The Morgan fingerprint density at radius 1 is 1.00 bits per heavy atom. The second-order valence-corrected chi connectivity index (χ2v) is 6.02. The maximum atomic E-state index is 5.98. The first-order chi connectivity index (χ1) is 7.16. The van der Waals surface area contributed by atoms with Crippen LogP contribution in [0.2, 0.25) is 0 Å². The fraction of sp³-hybridized carbons (Fsp3) is 0.571. The highest BCUT2D eigenvalue weighted by molar-refractivity contribution is 5.28. The summed E-state index contributed by atoms with van der Waals surface area (Å²) < 4.78 is 5.76. The first-order valence-electron chi connectivity index (χ1n) is 5.73. The predicted octanol–water partition coefficient (Wildman–Crippen LogP) is 3.14. The highest BCUT2D eigenvalue weighted by atomic mass is 16.5. The lowest BCUT2D eigenvalue weighted by Gasteiger charge is -2.22. The van der Waals surface area contributed by atoms with Gasteiger partial charge in [-0.3, -0.25) is 0 Å². The van der Waals surface area contributed by atoms with Gasteiger partial charge in [-0.2, -0.15) is 0 Å². The Bertz CT molecular complexity index is 292. The second-order valence-electron chi connectivity index (χ2n) is 6.02. The zero-order valence-electron chi connectivity index (χ0n) is 11.0. The summed E-state index contributed by atoms with van der Waals surface area (Å²) in [5, 5.41) is 0. The molecule has 0 aliphatic carbocycles. The minimum absolute atomic E-state index is 0.144. The van der Waals surface area contributed by atoms with Crippen LogP contribution in [0.3, 0.4) is 0 Å². The van der Waals surface area contributed by atoms with Crippen LogP contribution in [0.15, 0.2) is 24.3 Å². The molecule has 2 nitrogen and oxygen atoms in total. The van der Waals surface area contributed by atoms with Crippen molar-refractivity contribution in [3.8, 4) is 5.75 Å². The van der Waals surface area contributed by atoms with Crippen LogP contribution >= 0.6 is 0 Å². The van der Waals surface area contributed by atoms with E-state index in [1.807, 2.05) is 46.8 Å². The Kier molecular flexibility index (Phi) is 3.64. The van der Waals surface area contributed by atoms with E-state index < -0.39 is 0 Å². The van der Waals surface area contributed by atoms with Crippen LogP contribution in [0.4, 0.5) is 0 Å². The Balaban J connectivity index is 2.69. The van der Waals surface area contributed by atoms with E-state index in [1.165, 1.54) is 5.56 Å². The van der Waals surface area contributed by atoms with E-state index in [2.05, 4.69) is 12.1 Å². The van der Waals surface area contributed by atoms with Gasteiger partial charge in [0.25, 0.3) is 0 Å². The van der Waals surface area contributed by atoms with Crippen molar-refractivity contribution in [3.05, 3.63) is 29.8 Å². The van der Waals surface area contributed by atoms with Gasteiger partial charge in [0, 0.05) is 5.54 Å². The molecule has 0 amide bonds. The zero-order chi connectivity index (χ0) is 12.4. The van der Waals surface area contributed by atoms with Crippen molar-refractivity contribution in [1.82, 2.24) is 0 Å². The Morgan fingerprint density at radius 3 is 1.88 bits per heavy atom. The molecule has 0 aliphatic rings. The molecule has 0 saturated heterocycles. The topological polar surface area (TPSA) is 35.2 Å². The zero-order valence-corrected chi connectivity index (χ0v) is 11.0. The van der Waals surface area contributed by atoms with Crippen molar-refractivity contribution >= 4 is 0 Å². The molecule has 0 aromatic heterocycles. The summed E-state index contributed by atoms with van der Waals surface area (Å²) in [5.41, 5.74) is 6.92. The van der Waals surface area contributed by atoms with E-state index in [0.29, 0.717) is 0 Å². The predicted molar refractivity (Wildman–Crippen MR) is 68.8 cm³/mol. The third-order valence-electron chi connectivity index (χ3n) is 2.01. The van der Waals surface area contributed by atoms with Gasteiger partial charge in [-0.1, -0.05) is 12.1 Å². The van der Waals surface area contributed by atoms with Crippen molar-refractivity contribution in [1.29, 1.82) is 0 Å². The molecule has 0 spiro atoms. The van der Waals surface area contributed by atoms with Crippen molar-refractivity contribution in [3.63, 3.8) is 0 Å². The number of rotatable bonds is 3. The molecule has 0 saturated carbocycles. The normalized spacial score (nSPS) is 12.6. The molecule has 2 heteroatoms. The summed E-state index contributed by atoms with van der Waals surface area (Å²) in [5.74, 6) is 0.908. The SMILES string of the molecule is CC(C)(N)Cc1ccc(OC(C)(C)C)cc1. The maximum Gasteiger partial charge on any atom is 0.120 e. The van der Waals surface area contributed by atoms with Crippen molar-refractivity contribution in [2.24, 2.45) is 5.73 Å². The van der Waals surface area contributed by atoms with Gasteiger partial charge in [-0.05, 0) is 58.7 Å². The van der Waals surface area contributed by atoms with Gasteiger partial charge >= 0.3 is 0 Å². The van der Waals surface area contributed by atoms with Gasteiger partial charge in [0.05, 0.1) is 0 Å². The number of benzene rings is 1. The smallest absolute Gasteiger partial charge is 0.120 e. The van der Waals surface area contributed by atoms with Gasteiger partial charge in [0.2, 0.25) is 0 Å². The summed E-state index contributed by atoms with van der Waals surface area (Å²) in [7, 11) is 0. The van der Waals surface area contributed by atoms with Gasteiger partial charge in [0.1, 0.15) is 11.4 Å². The highest BCUT2D eigenvalue weighted by Gasteiger charge is 2.13. The lowest BCUT2D eigenvalue weighted by Crippen LogP contribution is -2.34. The molecular weight excluding hydrogens is 198 g/mol. The molecular formula is C14H23NO. The molecule has 0 bridgehead atoms. The summed E-state index contributed by atoms with van der Waals surface area (Å²) in [4.78, 5) is 0. The van der Waals surface area contributed by atoms with Crippen molar-refractivity contribution in [2.45, 2.75) is 52.2 Å². The van der Waals surface area contributed by atoms with Crippen LogP contribution in [-0.4, -0.2) is 11.1 Å². The minimum Gasteiger partial charge on any atom is -0.488 e. The van der Waals surface area contributed by atoms with Gasteiger partial charge in [-0.25, -0.2) is 0 Å². The summed E-state index contributed by atoms with van der Waals surface area (Å²) in [6.45, 7) is 10.2.